The molecule has 2 fully saturated rings. The van der Waals surface area contributed by atoms with Gasteiger partial charge < -0.3 is 55.1 Å². The highest BCUT2D eigenvalue weighted by molar-refractivity contribution is 4.92. The largest absolute Gasteiger partial charge is 0.394 e. The van der Waals surface area contributed by atoms with Gasteiger partial charge in [0.2, 0.25) is 0 Å². The van der Waals surface area contributed by atoms with Crippen molar-refractivity contribution in [3.8, 4) is 0 Å². The molecule has 0 aliphatic carbocycles. The van der Waals surface area contributed by atoms with Crippen LogP contribution in [0.2, 0.25) is 0 Å². The second-order valence-electron chi connectivity index (χ2n) is 5.40. The lowest BCUT2D eigenvalue weighted by Gasteiger charge is -2.44. The van der Waals surface area contributed by atoms with Crippen molar-refractivity contribution >= 4 is 0 Å². The molecule has 0 aromatic carbocycles. The summed E-state index contributed by atoms with van der Waals surface area (Å²) in [5.41, 5.74) is 0. The molecule has 136 valence electrons. The third-order valence-corrected chi connectivity index (χ3v) is 3.82. The first kappa shape index (κ1) is 17.4. The van der Waals surface area contributed by atoms with E-state index in [-0.39, 0.29) is 0 Å². The minimum atomic E-state index is -2.76. The van der Waals surface area contributed by atoms with Gasteiger partial charge in [0.25, 0.3) is 0 Å². The Kier molecular flexibility index (Phi) is 5.77. The van der Waals surface area contributed by atoms with Crippen LogP contribution in [0, 0.1) is 0 Å². The fourth-order valence-electron chi connectivity index (χ4n) is 2.36. The molecule has 8 N–H and O–H groups in total. The van der Waals surface area contributed by atoms with Gasteiger partial charge in [-0.1, -0.05) is 0 Å². The average molecular weight is 343 g/mol. The van der Waals surface area contributed by atoms with Crippen LogP contribution in [0.25, 0.3) is 0 Å². The third kappa shape index (κ3) is 3.65. The van der Waals surface area contributed by atoms with Crippen LogP contribution in [0.1, 0.15) is 1.37 Å². The number of hydrogen-bond acceptors (Lipinski definition) is 11. The molecular weight excluding hydrogens is 320 g/mol. The molecule has 0 radical (unpaired) electrons. The zero-order chi connectivity index (χ0) is 18.2. The van der Waals surface area contributed by atoms with Crippen LogP contribution in [0.5, 0.6) is 0 Å². The Balaban J connectivity index is 2.18. The molecule has 0 spiro atoms. The molecule has 2 aliphatic heterocycles. The first-order chi connectivity index (χ1) is 11.2. The normalized spacial score (nSPS) is 55.5. The molecule has 11 heteroatoms. The van der Waals surface area contributed by atoms with E-state index < -0.39 is 74.6 Å². The molecule has 5 unspecified atom stereocenters. The predicted octanol–water partition coefficient (Wildman–Crippen LogP) is -5.40. The molecule has 2 aliphatic rings. The maximum atomic E-state index is 9.91. The summed E-state index contributed by atoms with van der Waals surface area (Å²) in [5, 5.41) is 76.7. The molecule has 2 heterocycles. The van der Waals surface area contributed by atoms with Gasteiger partial charge in [-0.2, -0.15) is 0 Å². The van der Waals surface area contributed by atoms with Crippen molar-refractivity contribution in [2.75, 3.05) is 13.2 Å². The maximum Gasteiger partial charge on any atom is 0.189 e. The van der Waals surface area contributed by atoms with Crippen LogP contribution in [0.3, 0.4) is 0 Å². The first-order valence-electron chi connectivity index (χ1n) is 7.47. The highest BCUT2D eigenvalue weighted by Crippen LogP contribution is 2.27. The smallest absolute Gasteiger partial charge is 0.189 e. The lowest BCUT2D eigenvalue weighted by molar-refractivity contribution is -0.376. The Morgan fingerprint density at radius 3 is 1.70 bits per heavy atom. The number of rotatable bonds is 4. The number of hydrogen-bond donors (Lipinski definition) is 8. The van der Waals surface area contributed by atoms with Crippen LogP contribution in [0.4, 0.5) is 0 Å². The van der Waals surface area contributed by atoms with Crippen molar-refractivity contribution in [3.63, 3.8) is 0 Å². The van der Waals surface area contributed by atoms with Crippen LogP contribution in [-0.4, -0.2) is 115 Å². The topological polar surface area (TPSA) is 190 Å². The molecule has 0 amide bonds. The van der Waals surface area contributed by atoms with Gasteiger partial charge in [-0.3, -0.25) is 0 Å². The summed E-state index contributed by atoms with van der Waals surface area (Å²) in [6, 6.07) is 0. The highest BCUT2D eigenvalue weighted by atomic mass is 16.8. The molecule has 2 saturated heterocycles. The third-order valence-electron chi connectivity index (χ3n) is 3.82. The first-order valence-corrected chi connectivity index (χ1v) is 6.97. The minimum absolute atomic E-state index is 0.736. The SMILES string of the molecule is [2H][C@@]1(O[C@@H]2OC(CO)[C@@H](O)C(O)C2O)OC(CO)[C@@H](O)[C@H](O)C1O. The Labute approximate surface area is 132 Å². The van der Waals surface area contributed by atoms with Crippen LogP contribution in [0.15, 0.2) is 0 Å². The molecule has 11 nitrogen and oxygen atoms in total. The van der Waals surface area contributed by atoms with E-state index in [4.69, 9.17) is 25.8 Å². The minimum Gasteiger partial charge on any atom is -0.394 e. The van der Waals surface area contributed by atoms with Crippen molar-refractivity contribution in [2.24, 2.45) is 0 Å². The van der Waals surface area contributed by atoms with Gasteiger partial charge >= 0.3 is 0 Å². The highest BCUT2D eigenvalue weighted by Gasteiger charge is 2.49. The average Bonchev–Trinajstić information content (AvgIpc) is 2.57. The lowest BCUT2D eigenvalue weighted by Crippen LogP contribution is -2.63. The molecule has 23 heavy (non-hydrogen) atoms. The zero-order valence-corrected chi connectivity index (χ0v) is 11.9. The molecular formula is C12H22O11. The Morgan fingerprint density at radius 1 is 0.696 bits per heavy atom. The van der Waals surface area contributed by atoms with E-state index in [2.05, 4.69) is 0 Å². The van der Waals surface area contributed by atoms with Crippen LogP contribution >= 0.6 is 0 Å². The second-order valence-corrected chi connectivity index (χ2v) is 5.40. The summed E-state index contributed by atoms with van der Waals surface area (Å²) >= 11 is 0. The van der Waals surface area contributed by atoms with Gasteiger partial charge in [0.1, 0.15) is 48.8 Å². The van der Waals surface area contributed by atoms with E-state index in [1.807, 2.05) is 0 Å². The Hall–Kier alpha value is -0.440. The van der Waals surface area contributed by atoms with E-state index in [1.165, 1.54) is 0 Å². The van der Waals surface area contributed by atoms with E-state index in [1.54, 1.807) is 0 Å². The molecule has 0 aromatic rings. The quantitative estimate of drug-likeness (QED) is 0.243. The van der Waals surface area contributed by atoms with Crippen molar-refractivity contribution in [1.82, 2.24) is 0 Å². The Bertz CT molecular complexity index is 424. The van der Waals surface area contributed by atoms with Crippen molar-refractivity contribution in [1.29, 1.82) is 0 Å². The fourth-order valence-corrected chi connectivity index (χ4v) is 2.36. The van der Waals surface area contributed by atoms with Gasteiger partial charge in [-0.15, -0.1) is 0 Å². The summed E-state index contributed by atoms with van der Waals surface area (Å²) in [6.07, 6.45) is -18.4. The van der Waals surface area contributed by atoms with Gasteiger partial charge in [0.15, 0.2) is 12.6 Å². The number of aliphatic hydroxyl groups excluding tert-OH is 8. The predicted molar refractivity (Wildman–Crippen MR) is 68.6 cm³/mol. The van der Waals surface area contributed by atoms with Crippen molar-refractivity contribution < 1.29 is 56.4 Å². The Morgan fingerprint density at radius 2 is 1.17 bits per heavy atom. The molecule has 0 bridgehead atoms. The lowest BCUT2D eigenvalue weighted by atomic mass is 9.98. The summed E-state index contributed by atoms with van der Waals surface area (Å²) in [4.78, 5) is 0. The summed E-state index contributed by atoms with van der Waals surface area (Å²) in [5.74, 6) is 0. The van der Waals surface area contributed by atoms with Gasteiger partial charge in [-0.25, -0.2) is 0 Å². The van der Waals surface area contributed by atoms with Gasteiger partial charge in [0, 0.05) is 0 Å². The molecule has 10 atom stereocenters. The summed E-state index contributed by atoms with van der Waals surface area (Å²) in [6.45, 7) is -1.54. The zero-order valence-electron chi connectivity index (χ0n) is 12.9. The van der Waals surface area contributed by atoms with E-state index in [0.29, 0.717) is 0 Å². The maximum absolute atomic E-state index is 9.91. The fraction of sp³-hybridized carbons (Fsp3) is 1.00. The number of aliphatic hydroxyl groups is 8. The van der Waals surface area contributed by atoms with Crippen molar-refractivity contribution in [2.45, 2.75) is 61.4 Å². The molecule has 2 rings (SSSR count). The van der Waals surface area contributed by atoms with Crippen molar-refractivity contribution in [3.05, 3.63) is 0 Å². The number of ether oxygens (including phenoxy) is 3. The van der Waals surface area contributed by atoms with E-state index >= 15 is 0 Å². The van der Waals surface area contributed by atoms with Crippen LogP contribution < -0.4 is 0 Å². The second kappa shape index (κ2) is 7.63. The van der Waals surface area contributed by atoms with E-state index in [9.17, 15) is 30.6 Å². The standard InChI is InChI=1S/C12H22O11/c13-1-3-5(15)7(17)9(19)11(21-3)23-12-10(20)8(18)6(16)4(2-14)22-12/h3-20H,1-2H2/t3?,4?,5-,6-,7+,8?,9?,10?,11+,12+/m1/s1/i11D. The van der Waals surface area contributed by atoms with Crippen LogP contribution in [-0.2, 0) is 14.2 Å². The van der Waals surface area contributed by atoms with Gasteiger partial charge in [-0.05, 0) is 0 Å². The monoisotopic (exact) mass is 343 g/mol. The summed E-state index contributed by atoms with van der Waals surface area (Å²) < 4.78 is 22.9. The summed E-state index contributed by atoms with van der Waals surface area (Å²) in [7, 11) is 0. The molecule has 0 aromatic heterocycles. The van der Waals surface area contributed by atoms with Gasteiger partial charge in [0.05, 0.1) is 14.6 Å². The molecule has 0 saturated carbocycles. The van der Waals surface area contributed by atoms with E-state index in [0.717, 1.165) is 0 Å².